The van der Waals surface area contributed by atoms with Gasteiger partial charge in [0, 0.05) is 13.0 Å². The quantitative estimate of drug-likeness (QED) is 0.322. The number of carbonyl (C=O) groups is 1. The van der Waals surface area contributed by atoms with Crippen molar-refractivity contribution in [1.82, 2.24) is 0 Å². The van der Waals surface area contributed by atoms with E-state index < -0.39 is 43.3 Å². The van der Waals surface area contributed by atoms with Crippen LogP contribution < -0.4 is 0 Å². The van der Waals surface area contributed by atoms with E-state index in [0.717, 1.165) is 32.1 Å². The van der Waals surface area contributed by atoms with E-state index in [1.165, 1.54) is 0 Å². The van der Waals surface area contributed by atoms with Crippen molar-refractivity contribution in [3.05, 3.63) is 0 Å². The summed E-state index contributed by atoms with van der Waals surface area (Å²) in [5.41, 5.74) is 0. The summed E-state index contributed by atoms with van der Waals surface area (Å²) in [7, 11) is 0. The maximum Gasteiger partial charge on any atom is 0.303 e. The monoisotopic (exact) mass is 336 g/mol. The molecule has 136 valence electrons. The summed E-state index contributed by atoms with van der Waals surface area (Å²) in [6.45, 7) is -0.140. The molecule has 1 aliphatic rings. The topological polar surface area (TPSA) is 137 Å². The molecule has 0 amide bonds. The molecule has 0 unspecified atom stereocenters. The Labute approximate surface area is 135 Å². The molecule has 23 heavy (non-hydrogen) atoms. The summed E-state index contributed by atoms with van der Waals surface area (Å²) in [4.78, 5) is 10.3. The zero-order chi connectivity index (χ0) is 17.2. The normalized spacial score (nSPS) is 31.2. The summed E-state index contributed by atoms with van der Waals surface area (Å²) < 4.78 is 10.6. The van der Waals surface area contributed by atoms with Crippen molar-refractivity contribution < 1.29 is 39.8 Å². The van der Waals surface area contributed by atoms with Crippen molar-refractivity contribution in [2.45, 2.75) is 75.7 Å². The first-order valence-corrected chi connectivity index (χ1v) is 8.11. The number of unbranched alkanes of at least 4 members (excludes halogenated alkanes) is 5. The van der Waals surface area contributed by atoms with E-state index in [-0.39, 0.29) is 6.42 Å². The van der Waals surface area contributed by atoms with Crippen LogP contribution in [-0.2, 0) is 14.3 Å². The van der Waals surface area contributed by atoms with Gasteiger partial charge in [0.25, 0.3) is 0 Å². The third kappa shape index (κ3) is 7.11. The largest absolute Gasteiger partial charge is 0.481 e. The van der Waals surface area contributed by atoms with Crippen LogP contribution in [0.2, 0.25) is 0 Å². The van der Waals surface area contributed by atoms with Gasteiger partial charge in [-0.1, -0.05) is 25.7 Å². The minimum Gasteiger partial charge on any atom is -0.481 e. The van der Waals surface area contributed by atoms with Crippen LogP contribution in [0.3, 0.4) is 0 Å². The van der Waals surface area contributed by atoms with Gasteiger partial charge < -0.3 is 35.0 Å². The zero-order valence-electron chi connectivity index (χ0n) is 13.2. The summed E-state index contributed by atoms with van der Waals surface area (Å²) >= 11 is 0. The molecule has 0 spiro atoms. The second-order valence-electron chi connectivity index (χ2n) is 5.83. The van der Waals surface area contributed by atoms with Gasteiger partial charge in [0.05, 0.1) is 6.61 Å². The van der Waals surface area contributed by atoms with Crippen LogP contribution >= 0.6 is 0 Å². The van der Waals surface area contributed by atoms with Gasteiger partial charge in [-0.15, -0.1) is 0 Å². The number of aliphatic hydroxyl groups is 4. The van der Waals surface area contributed by atoms with Crippen LogP contribution in [0.1, 0.15) is 44.9 Å². The summed E-state index contributed by atoms with van der Waals surface area (Å²) in [5, 5.41) is 46.6. The van der Waals surface area contributed by atoms with Crippen molar-refractivity contribution in [2.75, 3.05) is 13.2 Å². The molecule has 5 atom stereocenters. The molecule has 1 rings (SSSR count). The van der Waals surface area contributed by atoms with Gasteiger partial charge in [-0.05, 0) is 12.8 Å². The predicted molar refractivity (Wildman–Crippen MR) is 79.7 cm³/mol. The Balaban J connectivity index is 2.09. The molecule has 0 radical (unpaired) electrons. The van der Waals surface area contributed by atoms with E-state index in [4.69, 9.17) is 19.7 Å². The Bertz CT molecular complexity index is 335. The maximum atomic E-state index is 10.3. The van der Waals surface area contributed by atoms with E-state index in [1.54, 1.807) is 0 Å². The number of aliphatic hydroxyl groups excluding tert-OH is 4. The first-order chi connectivity index (χ1) is 11.0. The molecule has 0 bridgehead atoms. The number of hydrogen-bond acceptors (Lipinski definition) is 7. The molecule has 8 heteroatoms. The van der Waals surface area contributed by atoms with Crippen LogP contribution in [-0.4, -0.2) is 75.4 Å². The highest BCUT2D eigenvalue weighted by molar-refractivity contribution is 5.66. The number of aliphatic carboxylic acids is 1. The average molecular weight is 336 g/mol. The van der Waals surface area contributed by atoms with Crippen molar-refractivity contribution in [3.63, 3.8) is 0 Å². The predicted octanol–water partition coefficient (Wildman–Crippen LogP) is -0.382. The highest BCUT2D eigenvalue weighted by Crippen LogP contribution is 2.22. The first kappa shape index (κ1) is 20.3. The molecular formula is C15H28O8. The molecule has 8 nitrogen and oxygen atoms in total. The van der Waals surface area contributed by atoms with E-state index >= 15 is 0 Å². The maximum absolute atomic E-state index is 10.3. The number of hydrogen-bond donors (Lipinski definition) is 5. The van der Waals surface area contributed by atoms with Gasteiger partial charge in [0.1, 0.15) is 24.4 Å². The number of ether oxygens (including phenoxy) is 2. The van der Waals surface area contributed by atoms with Gasteiger partial charge in [-0.25, -0.2) is 0 Å². The van der Waals surface area contributed by atoms with Crippen LogP contribution in [0.5, 0.6) is 0 Å². The fourth-order valence-corrected chi connectivity index (χ4v) is 2.49. The van der Waals surface area contributed by atoms with Crippen molar-refractivity contribution in [1.29, 1.82) is 0 Å². The minimum absolute atomic E-state index is 0.209. The van der Waals surface area contributed by atoms with Crippen molar-refractivity contribution in [2.24, 2.45) is 0 Å². The number of rotatable bonds is 11. The molecule has 1 saturated heterocycles. The molecule has 1 fully saturated rings. The second kappa shape index (κ2) is 10.9. The summed E-state index contributed by atoms with van der Waals surface area (Å²) in [5.74, 6) is -0.766. The zero-order valence-corrected chi connectivity index (χ0v) is 13.2. The third-order valence-corrected chi connectivity index (χ3v) is 3.92. The van der Waals surface area contributed by atoms with Crippen LogP contribution in [0.4, 0.5) is 0 Å². The molecule has 0 aromatic rings. The smallest absolute Gasteiger partial charge is 0.303 e. The summed E-state index contributed by atoms with van der Waals surface area (Å²) in [6.07, 6.45) is -0.793. The fraction of sp³-hybridized carbons (Fsp3) is 0.933. The van der Waals surface area contributed by atoms with E-state index in [0.29, 0.717) is 13.0 Å². The Morgan fingerprint density at radius 2 is 1.52 bits per heavy atom. The minimum atomic E-state index is -1.42. The highest BCUT2D eigenvalue weighted by atomic mass is 16.7. The van der Waals surface area contributed by atoms with E-state index in [1.807, 2.05) is 0 Å². The van der Waals surface area contributed by atoms with Crippen LogP contribution in [0.15, 0.2) is 0 Å². The van der Waals surface area contributed by atoms with Gasteiger partial charge in [0.2, 0.25) is 0 Å². The van der Waals surface area contributed by atoms with E-state index in [9.17, 15) is 20.1 Å². The fourth-order valence-electron chi connectivity index (χ4n) is 2.49. The molecular weight excluding hydrogens is 308 g/mol. The molecule has 1 heterocycles. The Hall–Kier alpha value is -0.770. The lowest BCUT2D eigenvalue weighted by Gasteiger charge is -2.39. The lowest BCUT2D eigenvalue weighted by molar-refractivity contribution is -0.301. The number of carboxylic acid groups (broad SMARTS) is 1. The van der Waals surface area contributed by atoms with Crippen molar-refractivity contribution in [3.8, 4) is 0 Å². The Morgan fingerprint density at radius 3 is 2.13 bits per heavy atom. The molecule has 0 aromatic carbocycles. The molecule has 1 aliphatic heterocycles. The lowest BCUT2D eigenvalue weighted by Crippen LogP contribution is -2.59. The standard InChI is InChI=1S/C15H28O8/c16-9-10-12(19)13(20)14(21)15(23-10)22-8-6-4-2-1-3-5-7-11(17)18/h10,12-16,19-21H,1-9H2,(H,17,18)/t10-,12+,13+,14-,15-/m1/s1. The Kier molecular flexibility index (Phi) is 9.61. The molecule has 5 N–H and O–H groups in total. The van der Waals surface area contributed by atoms with Gasteiger partial charge in [-0.3, -0.25) is 4.79 Å². The second-order valence-corrected chi connectivity index (χ2v) is 5.83. The van der Waals surface area contributed by atoms with Crippen molar-refractivity contribution >= 4 is 5.97 Å². The summed E-state index contributed by atoms with van der Waals surface area (Å²) in [6, 6.07) is 0. The number of carboxylic acids is 1. The molecule has 0 aromatic heterocycles. The van der Waals surface area contributed by atoms with Crippen LogP contribution in [0, 0.1) is 0 Å². The van der Waals surface area contributed by atoms with Gasteiger partial charge >= 0.3 is 5.97 Å². The SMILES string of the molecule is O=C(O)CCCCCCCCO[C@@H]1O[C@H](CO)[C@H](O)[C@H](O)[C@H]1O. The van der Waals surface area contributed by atoms with Crippen LogP contribution in [0.25, 0.3) is 0 Å². The van der Waals surface area contributed by atoms with E-state index in [2.05, 4.69) is 0 Å². The lowest BCUT2D eigenvalue weighted by atomic mass is 9.99. The van der Waals surface area contributed by atoms with Gasteiger partial charge in [0.15, 0.2) is 6.29 Å². The third-order valence-electron chi connectivity index (χ3n) is 3.92. The average Bonchev–Trinajstić information content (AvgIpc) is 2.52. The highest BCUT2D eigenvalue weighted by Gasteiger charge is 2.43. The van der Waals surface area contributed by atoms with Gasteiger partial charge in [-0.2, -0.15) is 0 Å². The molecule has 0 aliphatic carbocycles. The Morgan fingerprint density at radius 1 is 0.913 bits per heavy atom. The first-order valence-electron chi connectivity index (χ1n) is 8.11. The molecule has 0 saturated carbocycles.